The Hall–Kier alpha value is -2.16. The molecule has 0 spiro atoms. The number of rotatable bonds is 1. The molecule has 22 heavy (non-hydrogen) atoms. The Bertz CT molecular complexity index is 692. The number of fused-ring (bicyclic) bond motifs is 3. The first-order chi connectivity index (χ1) is 10.6. The second-order valence-corrected chi connectivity index (χ2v) is 6.59. The van der Waals surface area contributed by atoms with Crippen molar-refractivity contribution in [3.8, 4) is 17.2 Å². The molecule has 0 bridgehead atoms. The van der Waals surface area contributed by atoms with E-state index in [1.165, 1.54) is 6.42 Å². The Morgan fingerprint density at radius 2 is 1.68 bits per heavy atom. The van der Waals surface area contributed by atoms with Crippen LogP contribution >= 0.6 is 0 Å². The summed E-state index contributed by atoms with van der Waals surface area (Å²) in [4.78, 5) is 0. The molecule has 1 saturated carbocycles. The van der Waals surface area contributed by atoms with Gasteiger partial charge in [0, 0.05) is 11.5 Å². The predicted octanol–water partition coefficient (Wildman–Crippen LogP) is 4.36. The summed E-state index contributed by atoms with van der Waals surface area (Å²) in [7, 11) is 0. The number of ether oxygens (including phenoxy) is 1. The van der Waals surface area contributed by atoms with Gasteiger partial charge in [-0.05, 0) is 60.6 Å². The molecule has 1 fully saturated rings. The molecule has 114 valence electrons. The molecule has 4 rings (SSSR count). The number of phenols is 2. The van der Waals surface area contributed by atoms with E-state index in [2.05, 4.69) is 6.92 Å². The maximum atomic E-state index is 9.80. The lowest BCUT2D eigenvalue weighted by Crippen LogP contribution is -2.29. The Morgan fingerprint density at radius 1 is 0.955 bits per heavy atom. The minimum atomic E-state index is 0.0140. The van der Waals surface area contributed by atoms with Crippen LogP contribution in [0.1, 0.15) is 42.9 Å². The largest absolute Gasteiger partial charge is 0.508 e. The number of phenolic OH excluding ortho intramolecular Hbond substituents is 2. The highest BCUT2D eigenvalue weighted by molar-refractivity contribution is 5.46. The van der Waals surface area contributed by atoms with Crippen LogP contribution in [0.5, 0.6) is 17.2 Å². The van der Waals surface area contributed by atoms with E-state index in [4.69, 9.17) is 4.74 Å². The van der Waals surface area contributed by atoms with Crippen molar-refractivity contribution >= 4 is 0 Å². The molecule has 2 N–H and O–H groups in total. The van der Waals surface area contributed by atoms with Crippen molar-refractivity contribution in [3.05, 3.63) is 53.6 Å². The third kappa shape index (κ3) is 2.04. The van der Waals surface area contributed by atoms with Crippen molar-refractivity contribution in [1.82, 2.24) is 0 Å². The van der Waals surface area contributed by atoms with Crippen LogP contribution in [0.25, 0.3) is 0 Å². The van der Waals surface area contributed by atoms with E-state index in [9.17, 15) is 10.2 Å². The van der Waals surface area contributed by atoms with Gasteiger partial charge in [0.1, 0.15) is 23.4 Å². The number of benzene rings is 2. The first-order valence-electron chi connectivity index (χ1n) is 7.92. The van der Waals surface area contributed by atoms with Crippen molar-refractivity contribution in [2.75, 3.05) is 0 Å². The Morgan fingerprint density at radius 3 is 2.45 bits per heavy atom. The number of aromatic hydroxyl groups is 2. The van der Waals surface area contributed by atoms with Crippen LogP contribution in [0.3, 0.4) is 0 Å². The highest BCUT2D eigenvalue weighted by Crippen LogP contribution is 2.56. The van der Waals surface area contributed by atoms with Crippen LogP contribution in [0, 0.1) is 11.8 Å². The summed E-state index contributed by atoms with van der Waals surface area (Å²) in [6.45, 7) is 2.29. The fraction of sp³-hybridized carbons (Fsp3) is 0.368. The van der Waals surface area contributed by atoms with Gasteiger partial charge in [-0.3, -0.25) is 0 Å². The molecule has 0 saturated heterocycles. The molecular weight excluding hydrogens is 276 g/mol. The summed E-state index contributed by atoms with van der Waals surface area (Å²) in [5, 5.41) is 19.3. The van der Waals surface area contributed by atoms with Crippen LogP contribution in [0.2, 0.25) is 0 Å². The fourth-order valence-electron chi connectivity index (χ4n) is 4.20. The van der Waals surface area contributed by atoms with Crippen LogP contribution in [0.4, 0.5) is 0 Å². The summed E-state index contributed by atoms with van der Waals surface area (Å²) in [5.74, 6) is 2.90. The third-order valence-corrected chi connectivity index (χ3v) is 5.27. The maximum Gasteiger partial charge on any atom is 0.127 e. The quantitative estimate of drug-likeness (QED) is 0.822. The molecule has 2 aromatic carbocycles. The zero-order valence-corrected chi connectivity index (χ0v) is 12.6. The zero-order chi connectivity index (χ0) is 15.3. The third-order valence-electron chi connectivity index (χ3n) is 5.27. The highest BCUT2D eigenvalue weighted by Gasteiger charge is 2.45. The minimum Gasteiger partial charge on any atom is -0.508 e. The van der Waals surface area contributed by atoms with Gasteiger partial charge >= 0.3 is 0 Å². The Balaban J connectivity index is 1.80. The van der Waals surface area contributed by atoms with E-state index in [1.54, 1.807) is 18.2 Å². The maximum absolute atomic E-state index is 9.80. The molecule has 0 amide bonds. The fourth-order valence-corrected chi connectivity index (χ4v) is 4.20. The van der Waals surface area contributed by atoms with E-state index in [0.29, 0.717) is 23.5 Å². The van der Waals surface area contributed by atoms with Crippen molar-refractivity contribution < 1.29 is 14.9 Å². The number of hydrogen-bond acceptors (Lipinski definition) is 3. The molecule has 0 aromatic heterocycles. The lowest BCUT2D eigenvalue weighted by Gasteiger charge is -2.38. The second-order valence-electron chi connectivity index (χ2n) is 6.59. The van der Waals surface area contributed by atoms with Gasteiger partial charge < -0.3 is 14.9 Å². The lowest BCUT2D eigenvalue weighted by molar-refractivity contribution is 0.0823. The van der Waals surface area contributed by atoms with Crippen LogP contribution < -0.4 is 4.74 Å². The molecule has 3 nitrogen and oxygen atoms in total. The van der Waals surface area contributed by atoms with Gasteiger partial charge in [0.05, 0.1) is 0 Å². The van der Waals surface area contributed by atoms with Gasteiger partial charge in [-0.2, -0.15) is 0 Å². The highest BCUT2D eigenvalue weighted by atomic mass is 16.5. The van der Waals surface area contributed by atoms with Crippen LogP contribution in [-0.2, 0) is 0 Å². The summed E-state index contributed by atoms with van der Waals surface area (Å²) in [5.41, 5.74) is 2.25. The van der Waals surface area contributed by atoms with Crippen molar-refractivity contribution in [1.29, 1.82) is 0 Å². The van der Waals surface area contributed by atoms with E-state index in [0.717, 1.165) is 23.3 Å². The molecule has 1 aliphatic heterocycles. The zero-order valence-electron chi connectivity index (χ0n) is 12.6. The Labute approximate surface area is 130 Å². The van der Waals surface area contributed by atoms with E-state index < -0.39 is 0 Å². The summed E-state index contributed by atoms with van der Waals surface area (Å²) < 4.78 is 6.30. The second kappa shape index (κ2) is 4.94. The first-order valence-corrected chi connectivity index (χ1v) is 7.92. The van der Waals surface area contributed by atoms with Crippen LogP contribution in [-0.4, -0.2) is 10.2 Å². The van der Waals surface area contributed by atoms with Gasteiger partial charge in [0.15, 0.2) is 0 Å². The smallest absolute Gasteiger partial charge is 0.127 e. The van der Waals surface area contributed by atoms with Crippen molar-refractivity contribution in [3.63, 3.8) is 0 Å². The van der Waals surface area contributed by atoms with Gasteiger partial charge in [-0.1, -0.05) is 19.1 Å². The standard InChI is InChI=1S/C19H20O3/c1-11-2-8-15-16-10-14(21)7-9-17(16)22-19(18(11)15)12-3-5-13(20)6-4-12/h3-7,9-11,15,18-21H,2,8H2,1H3. The first kappa shape index (κ1) is 13.5. The van der Waals surface area contributed by atoms with E-state index in [1.807, 2.05) is 24.3 Å². The number of hydrogen-bond donors (Lipinski definition) is 2. The molecule has 2 aliphatic rings. The molecule has 4 unspecified atom stereocenters. The predicted molar refractivity (Wildman–Crippen MR) is 84.2 cm³/mol. The van der Waals surface area contributed by atoms with E-state index >= 15 is 0 Å². The summed E-state index contributed by atoms with van der Waals surface area (Å²) in [6, 6.07) is 12.8. The van der Waals surface area contributed by atoms with E-state index in [-0.39, 0.29) is 11.9 Å². The van der Waals surface area contributed by atoms with Crippen molar-refractivity contribution in [2.45, 2.75) is 31.8 Å². The molecule has 1 heterocycles. The van der Waals surface area contributed by atoms with Gasteiger partial charge in [-0.25, -0.2) is 0 Å². The van der Waals surface area contributed by atoms with Gasteiger partial charge in [-0.15, -0.1) is 0 Å². The van der Waals surface area contributed by atoms with Gasteiger partial charge in [0.2, 0.25) is 0 Å². The monoisotopic (exact) mass is 296 g/mol. The normalized spacial score (nSPS) is 29.5. The topological polar surface area (TPSA) is 49.7 Å². The molecular formula is C19H20O3. The molecule has 2 aromatic rings. The SMILES string of the molecule is CC1CCC2c3cc(O)ccc3OC(c3ccc(O)cc3)C12. The van der Waals surface area contributed by atoms with Crippen molar-refractivity contribution in [2.24, 2.45) is 11.8 Å². The molecule has 1 aliphatic carbocycles. The van der Waals surface area contributed by atoms with Gasteiger partial charge in [0.25, 0.3) is 0 Å². The summed E-state index contributed by atoms with van der Waals surface area (Å²) in [6.07, 6.45) is 2.34. The lowest BCUT2D eigenvalue weighted by atomic mass is 9.77. The summed E-state index contributed by atoms with van der Waals surface area (Å²) >= 11 is 0. The molecule has 3 heteroatoms. The minimum absolute atomic E-state index is 0.0140. The Kier molecular flexibility index (Phi) is 3.03. The average molecular weight is 296 g/mol. The van der Waals surface area contributed by atoms with Crippen LogP contribution in [0.15, 0.2) is 42.5 Å². The molecule has 0 radical (unpaired) electrons. The average Bonchev–Trinajstić information content (AvgIpc) is 2.90. The molecule has 4 atom stereocenters.